The van der Waals surface area contributed by atoms with Gasteiger partial charge in [-0.25, -0.2) is 0 Å². The van der Waals surface area contributed by atoms with E-state index in [-0.39, 0.29) is 58.1 Å². The summed E-state index contributed by atoms with van der Waals surface area (Å²) in [5.74, 6) is 0.630. The Balaban J connectivity index is 2.23. The molecule has 0 N–H and O–H groups in total. The van der Waals surface area contributed by atoms with Gasteiger partial charge in [-0.15, -0.1) is 0 Å². The van der Waals surface area contributed by atoms with E-state index in [1.807, 2.05) is 0 Å². The van der Waals surface area contributed by atoms with Gasteiger partial charge in [-0.05, 0) is 13.0 Å². The van der Waals surface area contributed by atoms with Gasteiger partial charge in [0.05, 0.1) is 25.7 Å². The molecule has 1 aliphatic heterocycles. The minimum Gasteiger partial charge on any atom is -0.500 e. The van der Waals surface area contributed by atoms with E-state index in [9.17, 15) is 9.59 Å². The van der Waals surface area contributed by atoms with Gasteiger partial charge >= 0.3 is 0 Å². The predicted octanol–water partition coefficient (Wildman–Crippen LogP) is 3.55. The lowest BCUT2D eigenvalue weighted by Crippen LogP contribution is -2.20. The van der Waals surface area contributed by atoms with Crippen molar-refractivity contribution in [2.75, 3.05) is 14.2 Å². The summed E-state index contributed by atoms with van der Waals surface area (Å²) in [5, 5.41) is 4.00. The summed E-state index contributed by atoms with van der Waals surface area (Å²) in [7, 11) is 2.84. The number of methoxy groups -OCH3 is 2. The molecular formula is C19H19ClN2O6. The lowest BCUT2D eigenvalue weighted by Gasteiger charge is -2.22. The molecule has 1 atom stereocenters. The smallest absolute Gasteiger partial charge is 0.223 e. The van der Waals surface area contributed by atoms with E-state index in [1.54, 1.807) is 19.9 Å². The maximum atomic E-state index is 13.0. The molecule has 1 aromatic carbocycles. The van der Waals surface area contributed by atoms with Crippen LogP contribution in [0.4, 0.5) is 0 Å². The van der Waals surface area contributed by atoms with Crippen molar-refractivity contribution in [3.63, 3.8) is 0 Å². The average molecular weight is 407 g/mol. The Bertz CT molecular complexity index is 966. The highest BCUT2D eigenvalue weighted by Gasteiger charge is 2.29. The number of ether oxygens (including phenoxy) is 3. The van der Waals surface area contributed by atoms with Crippen molar-refractivity contribution in [1.29, 1.82) is 0 Å². The largest absolute Gasteiger partial charge is 0.500 e. The third-order valence-corrected chi connectivity index (χ3v) is 4.55. The van der Waals surface area contributed by atoms with Crippen molar-refractivity contribution in [2.24, 2.45) is 0 Å². The molecule has 0 bridgehead atoms. The van der Waals surface area contributed by atoms with Gasteiger partial charge in [-0.2, -0.15) is 4.98 Å². The molecular weight excluding hydrogens is 388 g/mol. The molecule has 3 rings (SSSR count). The zero-order valence-electron chi connectivity index (χ0n) is 15.9. The molecule has 2 aromatic rings. The molecule has 1 aromatic heterocycles. The number of nitrogens with zero attached hydrogens (tertiary/aromatic N) is 2. The molecule has 0 radical (unpaired) electrons. The van der Waals surface area contributed by atoms with Crippen molar-refractivity contribution >= 4 is 23.2 Å². The number of carbonyl (C=O) groups excluding carboxylic acids is 2. The Hall–Kier alpha value is -2.87. The third-order valence-electron chi connectivity index (χ3n) is 4.18. The number of allylic oxidation sites excluding steroid dienone is 2. The van der Waals surface area contributed by atoms with E-state index < -0.39 is 6.10 Å². The van der Waals surface area contributed by atoms with Crippen molar-refractivity contribution in [3.8, 4) is 22.9 Å². The van der Waals surface area contributed by atoms with Gasteiger partial charge < -0.3 is 18.7 Å². The number of carbonyl (C=O) groups is 2. The summed E-state index contributed by atoms with van der Waals surface area (Å²) in [6.45, 7) is 3.36. The van der Waals surface area contributed by atoms with Crippen LogP contribution in [-0.2, 0) is 9.53 Å². The first kappa shape index (κ1) is 19.9. The molecule has 0 aliphatic carbocycles. The van der Waals surface area contributed by atoms with E-state index in [1.165, 1.54) is 20.3 Å². The average Bonchev–Trinajstić information content (AvgIpc) is 3.07. The molecule has 0 saturated carbocycles. The molecule has 28 heavy (non-hydrogen) atoms. The lowest BCUT2D eigenvalue weighted by atomic mass is 10.00. The summed E-state index contributed by atoms with van der Waals surface area (Å²) in [6.07, 6.45) is 0.717. The molecule has 1 unspecified atom stereocenters. The Kier molecular flexibility index (Phi) is 5.69. The minimum absolute atomic E-state index is 0.0880. The number of hydrogen-bond acceptors (Lipinski definition) is 8. The zero-order chi connectivity index (χ0) is 20.4. The maximum absolute atomic E-state index is 13.0. The zero-order valence-corrected chi connectivity index (χ0v) is 16.6. The molecule has 2 heterocycles. The molecule has 148 valence electrons. The van der Waals surface area contributed by atoms with Gasteiger partial charge in [-0.3, -0.25) is 9.59 Å². The SMILES string of the molecule is CO/C1=C/C(=O)CC(C)Oc2c(Cl)c(-c3noc(C)n3)cc(OC)c2C(=O)C1. The number of benzene rings is 1. The highest BCUT2D eigenvalue weighted by molar-refractivity contribution is 6.35. The number of aryl methyl sites for hydroxylation is 1. The first-order valence-electron chi connectivity index (χ1n) is 8.52. The van der Waals surface area contributed by atoms with Crippen LogP contribution in [0.25, 0.3) is 11.4 Å². The number of aromatic nitrogens is 2. The van der Waals surface area contributed by atoms with Crippen LogP contribution in [0.2, 0.25) is 5.02 Å². The topological polar surface area (TPSA) is 101 Å². The second-order valence-electron chi connectivity index (χ2n) is 6.30. The fourth-order valence-corrected chi connectivity index (χ4v) is 3.19. The van der Waals surface area contributed by atoms with E-state index >= 15 is 0 Å². The fourth-order valence-electron chi connectivity index (χ4n) is 2.91. The summed E-state index contributed by atoms with van der Waals surface area (Å²) in [4.78, 5) is 29.3. The Labute approximate surface area is 166 Å². The highest BCUT2D eigenvalue weighted by atomic mass is 35.5. The first-order chi connectivity index (χ1) is 13.3. The minimum atomic E-state index is -0.545. The number of fused-ring (bicyclic) bond motifs is 1. The molecule has 1 aliphatic rings. The van der Waals surface area contributed by atoms with Gasteiger partial charge in [0.25, 0.3) is 0 Å². The Morgan fingerprint density at radius 3 is 2.61 bits per heavy atom. The first-order valence-corrected chi connectivity index (χ1v) is 8.90. The van der Waals surface area contributed by atoms with E-state index in [0.29, 0.717) is 11.5 Å². The number of halogens is 1. The molecule has 0 spiro atoms. The molecule has 0 fully saturated rings. The number of Topliss-reactive ketones (excluding diaryl/α,β-unsaturated/α-hetero) is 1. The van der Waals surface area contributed by atoms with Crippen LogP contribution in [0.15, 0.2) is 22.4 Å². The second-order valence-corrected chi connectivity index (χ2v) is 6.67. The highest BCUT2D eigenvalue weighted by Crippen LogP contribution is 2.44. The number of rotatable bonds is 3. The van der Waals surface area contributed by atoms with Crippen LogP contribution < -0.4 is 9.47 Å². The number of ketones is 2. The Morgan fingerprint density at radius 1 is 1.25 bits per heavy atom. The standard InChI is InChI=1S/C19H19ClN2O6/c1-9-5-11(23)6-12(25-3)7-14(24)16-15(26-4)8-13(17(20)18(16)27-9)19-21-10(2)28-22-19/h6,8-9H,5,7H2,1-4H3/b12-6+. The van der Waals surface area contributed by atoms with E-state index in [4.69, 9.17) is 30.3 Å². The normalized spacial score (nSPS) is 19.3. The summed E-state index contributed by atoms with van der Waals surface area (Å²) >= 11 is 6.57. The van der Waals surface area contributed by atoms with Crippen molar-refractivity contribution < 1.29 is 28.3 Å². The van der Waals surface area contributed by atoms with Gasteiger partial charge in [0.15, 0.2) is 17.3 Å². The monoisotopic (exact) mass is 406 g/mol. The second kappa shape index (κ2) is 8.02. The van der Waals surface area contributed by atoms with Gasteiger partial charge in [0.2, 0.25) is 11.7 Å². The van der Waals surface area contributed by atoms with Crippen LogP contribution in [-0.4, -0.2) is 42.0 Å². The van der Waals surface area contributed by atoms with Crippen LogP contribution in [0.3, 0.4) is 0 Å². The van der Waals surface area contributed by atoms with Gasteiger partial charge in [0, 0.05) is 25.0 Å². The quantitative estimate of drug-likeness (QED) is 0.762. The van der Waals surface area contributed by atoms with E-state index in [0.717, 1.165) is 0 Å². The van der Waals surface area contributed by atoms with Crippen molar-refractivity contribution in [2.45, 2.75) is 32.8 Å². The van der Waals surface area contributed by atoms with E-state index in [2.05, 4.69) is 10.1 Å². The van der Waals surface area contributed by atoms with Crippen LogP contribution in [0.5, 0.6) is 11.5 Å². The lowest BCUT2D eigenvalue weighted by molar-refractivity contribution is -0.116. The molecule has 0 saturated heterocycles. The van der Waals surface area contributed by atoms with Crippen LogP contribution >= 0.6 is 11.6 Å². The summed E-state index contributed by atoms with van der Waals surface area (Å²) in [6, 6.07) is 1.56. The van der Waals surface area contributed by atoms with Crippen LogP contribution in [0.1, 0.15) is 36.0 Å². The molecule has 0 amide bonds. The van der Waals surface area contributed by atoms with Crippen LogP contribution in [0, 0.1) is 6.92 Å². The third kappa shape index (κ3) is 3.87. The number of hydrogen-bond donors (Lipinski definition) is 0. The van der Waals surface area contributed by atoms with Crippen molar-refractivity contribution in [1.82, 2.24) is 10.1 Å². The fraction of sp³-hybridized carbons (Fsp3) is 0.368. The Morgan fingerprint density at radius 2 is 2.00 bits per heavy atom. The van der Waals surface area contributed by atoms with Gasteiger partial charge in [0.1, 0.15) is 23.2 Å². The predicted molar refractivity (Wildman–Crippen MR) is 99.8 cm³/mol. The van der Waals surface area contributed by atoms with Gasteiger partial charge in [-0.1, -0.05) is 16.8 Å². The summed E-state index contributed by atoms with van der Waals surface area (Å²) in [5.41, 5.74) is 0.556. The summed E-state index contributed by atoms with van der Waals surface area (Å²) < 4.78 is 21.5. The van der Waals surface area contributed by atoms with Crippen molar-refractivity contribution in [3.05, 3.63) is 34.4 Å². The molecule has 8 nitrogen and oxygen atoms in total. The molecule has 9 heteroatoms. The maximum Gasteiger partial charge on any atom is 0.223 e.